The summed E-state index contributed by atoms with van der Waals surface area (Å²) in [4.78, 5) is 24.5. The standard InChI is InChI=1S/C6H5N5O/c12-3-9-6-10-4-1-7-2-8-5(4)11-6/h1-3H,(H2,7,8,9,10,11,12). The van der Waals surface area contributed by atoms with Crippen LogP contribution < -0.4 is 5.32 Å². The van der Waals surface area contributed by atoms with Gasteiger partial charge in [0.25, 0.3) is 0 Å². The van der Waals surface area contributed by atoms with Crippen LogP contribution in [0.3, 0.4) is 0 Å². The Morgan fingerprint density at radius 1 is 1.58 bits per heavy atom. The van der Waals surface area contributed by atoms with Gasteiger partial charge in [-0.1, -0.05) is 0 Å². The number of aromatic nitrogens is 4. The molecular weight excluding hydrogens is 158 g/mol. The van der Waals surface area contributed by atoms with E-state index in [-0.39, 0.29) is 0 Å². The molecule has 60 valence electrons. The number of carbonyl (C=O) groups is 1. The number of amides is 1. The molecule has 2 aromatic rings. The van der Waals surface area contributed by atoms with Gasteiger partial charge in [-0.3, -0.25) is 10.1 Å². The van der Waals surface area contributed by atoms with Gasteiger partial charge in [-0.15, -0.1) is 0 Å². The van der Waals surface area contributed by atoms with Crippen LogP contribution in [-0.2, 0) is 4.79 Å². The molecule has 2 heterocycles. The molecule has 0 aliphatic rings. The first kappa shape index (κ1) is 6.71. The fourth-order valence-electron chi connectivity index (χ4n) is 0.886. The second kappa shape index (κ2) is 2.57. The minimum atomic E-state index is 0.375. The molecule has 0 fully saturated rings. The summed E-state index contributed by atoms with van der Waals surface area (Å²) in [7, 11) is 0. The van der Waals surface area contributed by atoms with Crippen molar-refractivity contribution in [3.05, 3.63) is 12.5 Å². The maximum atomic E-state index is 10.0. The second-order valence-electron chi connectivity index (χ2n) is 2.11. The molecule has 0 unspecified atom stereocenters. The third kappa shape index (κ3) is 0.986. The number of nitrogens with zero attached hydrogens (tertiary/aromatic N) is 3. The van der Waals surface area contributed by atoms with Gasteiger partial charge in [0, 0.05) is 0 Å². The van der Waals surface area contributed by atoms with Crippen molar-refractivity contribution in [2.24, 2.45) is 0 Å². The lowest BCUT2D eigenvalue weighted by molar-refractivity contribution is -0.105. The number of imidazole rings is 1. The lowest BCUT2D eigenvalue weighted by atomic mass is 10.6. The normalized spacial score (nSPS) is 10.0. The van der Waals surface area contributed by atoms with Crippen LogP contribution in [0.25, 0.3) is 11.2 Å². The summed E-state index contributed by atoms with van der Waals surface area (Å²) in [5, 5.41) is 2.38. The molecule has 0 aliphatic heterocycles. The van der Waals surface area contributed by atoms with Crippen LogP contribution in [0, 0.1) is 0 Å². The quantitative estimate of drug-likeness (QED) is 0.606. The summed E-state index contributed by atoms with van der Waals surface area (Å²) in [6.45, 7) is 0. The average Bonchev–Trinajstić information content (AvgIpc) is 2.47. The minimum Gasteiger partial charge on any atom is -0.321 e. The monoisotopic (exact) mass is 163 g/mol. The summed E-state index contributed by atoms with van der Waals surface area (Å²) in [6.07, 6.45) is 3.53. The van der Waals surface area contributed by atoms with Crippen LogP contribution >= 0.6 is 0 Å². The van der Waals surface area contributed by atoms with E-state index in [0.717, 1.165) is 0 Å². The maximum absolute atomic E-state index is 10.0. The third-order valence-corrected chi connectivity index (χ3v) is 1.36. The molecule has 6 heteroatoms. The van der Waals surface area contributed by atoms with E-state index in [0.29, 0.717) is 23.5 Å². The second-order valence-corrected chi connectivity index (χ2v) is 2.11. The zero-order chi connectivity index (χ0) is 8.39. The highest BCUT2D eigenvalue weighted by molar-refractivity contribution is 5.76. The van der Waals surface area contributed by atoms with Crippen LogP contribution in [0.1, 0.15) is 0 Å². The van der Waals surface area contributed by atoms with Gasteiger partial charge >= 0.3 is 0 Å². The molecule has 0 atom stereocenters. The van der Waals surface area contributed by atoms with Crippen LogP contribution in [0.15, 0.2) is 12.5 Å². The summed E-state index contributed by atoms with van der Waals surface area (Å²) >= 11 is 0. The van der Waals surface area contributed by atoms with Gasteiger partial charge in [0.05, 0.1) is 6.20 Å². The van der Waals surface area contributed by atoms with Gasteiger partial charge in [-0.05, 0) is 0 Å². The van der Waals surface area contributed by atoms with Gasteiger partial charge < -0.3 is 4.98 Å². The topological polar surface area (TPSA) is 83.6 Å². The molecule has 0 saturated carbocycles. The van der Waals surface area contributed by atoms with Crippen molar-refractivity contribution < 1.29 is 4.79 Å². The van der Waals surface area contributed by atoms with E-state index in [1.54, 1.807) is 6.20 Å². The van der Waals surface area contributed by atoms with Crippen LogP contribution in [-0.4, -0.2) is 26.3 Å². The number of fused-ring (bicyclic) bond motifs is 1. The highest BCUT2D eigenvalue weighted by atomic mass is 16.1. The van der Waals surface area contributed by atoms with E-state index in [1.807, 2.05) is 0 Å². The Kier molecular flexibility index (Phi) is 1.44. The van der Waals surface area contributed by atoms with Crippen LogP contribution in [0.4, 0.5) is 5.95 Å². The molecule has 0 saturated heterocycles. The zero-order valence-corrected chi connectivity index (χ0v) is 5.98. The Morgan fingerprint density at radius 3 is 3.25 bits per heavy atom. The number of nitrogens with one attached hydrogen (secondary N) is 2. The number of anilines is 1. The van der Waals surface area contributed by atoms with E-state index < -0.39 is 0 Å². The van der Waals surface area contributed by atoms with Crippen molar-refractivity contribution in [2.45, 2.75) is 0 Å². The molecule has 0 radical (unpaired) electrons. The van der Waals surface area contributed by atoms with E-state index >= 15 is 0 Å². The molecule has 2 N–H and O–H groups in total. The molecule has 0 aliphatic carbocycles. The largest absolute Gasteiger partial charge is 0.321 e. The Balaban J connectivity index is 2.54. The summed E-state index contributed by atoms with van der Waals surface area (Å²) < 4.78 is 0. The van der Waals surface area contributed by atoms with Crippen molar-refractivity contribution in [1.29, 1.82) is 0 Å². The number of rotatable bonds is 2. The molecular formula is C6H5N5O. The van der Waals surface area contributed by atoms with Gasteiger partial charge in [0.1, 0.15) is 11.8 Å². The van der Waals surface area contributed by atoms with E-state index in [2.05, 4.69) is 25.3 Å². The van der Waals surface area contributed by atoms with Crippen molar-refractivity contribution in [3.63, 3.8) is 0 Å². The number of hydrogen-bond acceptors (Lipinski definition) is 4. The number of hydrogen-bond donors (Lipinski definition) is 2. The lowest BCUT2D eigenvalue weighted by Crippen LogP contribution is -1.94. The van der Waals surface area contributed by atoms with Gasteiger partial charge in [0.2, 0.25) is 12.4 Å². The summed E-state index contributed by atoms with van der Waals surface area (Å²) in [6, 6.07) is 0. The van der Waals surface area contributed by atoms with E-state index in [9.17, 15) is 4.79 Å². The Bertz CT molecular complexity index is 376. The molecule has 2 aromatic heterocycles. The molecule has 0 spiro atoms. The molecule has 0 aromatic carbocycles. The van der Waals surface area contributed by atoms with Gasteiger partial charge in [-0.25, -0.2) is 9.97 Å². The maximum Gasteiger partial charge on any atom is 0.213 e. The molecule has 6 nitrogen and oxygen atoms in total. The predicted molar refractivity (Wildman–Crippen MR) is 41.4 cm³/mol. The first-order valence-corrected chi connectivity index (χ1v) is 3.26. The Labute approximate surface area is 67.1 Å². The highest BCUT2D eigenvalue weighted by Crippen LogP contribution is 2.08. The van der Waals surface area contributed by atoms with Crippen molar-refractivity contribution >= 4 is 23.5 Å². The molecule has 2 rings (SSSR count). The lowest BCUT2D eigenvalue weighted by Gasteiger charge is -1.85. The molecule has 12 heavy (non-hydrogen) atoms. The minimum absolute atomic E-state index is 0.375. The Hall–Kier alpha value is -1.98. The average molecular weight is 163 g/mol. The van der Waals surface area contributed by atoms with Crippen molar-refractivity contribution in [3.8, 4) is 0 Å². The fraction of sp³-hybridized carbons (Fsp3) is 0. The van der Waals surface area contributed by atoms with Gasteiger partial charge in [0.15, 0.2) is 5.65 Å². The van der Waals surface area contributed by atoms with Crippen molar-refractivity contribution in [1.82, 2.24) is 19.9 Å². The van der Waals surface area contributed by atoms with Gasteiger partial charge in [-0.2, -0.15) is 4.98 Å². The van der Waals surface area contributed by atoms with E-state index in [4.69, 9.17) is 0 Å². The predicted octanol–water partition coefficient (Wildman–Crippen LogP) is -0.0788. The fourth-order valence-corrected chi connectivity index (χ4v) is 0.886. The third-order valence-electron chi connectivity index (χ3n) is 1.36. The number of carbonyl (C=O) groups excluding carboxylic acids is 1. The Morgan fingerprint density at radius 2 is 2.50 bits per heavy atom. The van der Waals surface area contributed by atoms with Crippen molar-refractivity contribution in [2.75, 3.05) is 5.32 Å². The smallest absolute Gasteiger partial charge is 0.213 e. The first-order chi connectivity index (χ1) is 5.90. The molecule has 0 bridgehead atoms. The number of aromatic amines is 1. The zero-order valence-electron chi connectivity index (χ0n) is 5.98. The SMILES string of the molecule is O=CNc1nc2ncncc2[nH]1. The highest BCUT2D eigenvalue weighted by Gasteiger charge is 2.00. The van der Waals surface area contributed by atoms with Crippen LogP contribution in [0.2, 0.25) is 0 Å². The summed E-state index contributed by atoms with van der Waals surface area (Å²) in [5.74, 6) is 0.375. The number of H-pyrrole nitrogens is 1. The van der Waals surface area contributed by atoms with Crippen LogP contribution in [0.5, 0.6) is 0 Å². The van der Waals surface area contributed by atoms with E-state index in [1.165, 1.54) is 6.33 Å². The summed E-state index contributed by atoms with van der Waals surface area (Å²) in [5.41, 5.74) is 1.23. The first-order valence-electron chi connectivity index (χ1n) is 3.26. The molecule has 1 amide bonds.